The fourth-order valence-electron chi connectivity index (χ4n) is 10.9. The molecule has 6 N–H and O–H groups in total. The third kappa shape index (κ3) is 2.85. The molecule has 5 aliphatic rings. The van der Waals surface area contributed by atoms with Crippen molar-refractivity contribution in [3.05, 3.63) is 11.6 Å². The van der Waals surface area contributed by atoms with E-state index in [0.717, 1.165) is 37.7 Å². The van der Waals surface area contributed by atoms with Crippen molar-refractivity contribution in [3.8, 4) is 0 Å². The quantitative estimate of drug-likeness (QED) is 0.304. The summed E-state index contributed by atoms with van der Waals surface area (Å²) in [5.74, 6) is 0.310. The second-order valence-electron chi connectivity index (χ2n) is 15.3. The van der Waals surface area contributed by atoms with Gasteiger partial charge in [-0.1, -0.05) is 60.1 Å². The van der Waals surface area contributed by atoms with Crippen molar-refractivity contribution in [2.75, 3.05) is 6.61 Å². The molecular formula is C30H50O6. The molecule has 206 valence electrons. The van der Waals surface area contributed by atoms with Crippen molar-refractivity contribution >= 4 is 0 Å². The Bertz CT molecular complexity index is 944. The van der Waals surface area contributed by atoms with Crippen molar-refractivity contribution in [2.45, 2.75) is 118 Å². The molecule has 0 aliphatic heterocycles. The molecule has 0 aromatic rings. The molecule has 4 fully saturated rings. The summed E-state index contributed by atoms with van der Waals surface area (Å²) in [7, 11) is 0. The van der Waals surface area contributed by atoms with Crippen LogP contribution in [-0.4, -0.2) is 67.8 Å². The first-order chi connectivity index (χ1) is 16.5. The molecule has 0 aromatic carbocycles. The van der Waals surface area contributed by atoms with Gasteiger partial charge in [-0.05, 0) is 77.9 Å². The maximum absolute atomic E-state index is 12.0. The molecule has 12 atom stereocenters. The SMILES string of the molecule is CC1(C)CC2C3=CCC4[C@@]5(C)CC[C@H](O)C(C)(C)C5CC[C@@]4(C)[C@]3(C)[C@@H](O)[C@@H](O)[C@@]2(CO)[C@@H](O)[C@@H]1O. The first-order valence-corrected chi connectivity index (χ1v) is 14.2. The van der Waals surface area contributed by atoms with Gasteiger partial charge in [-0.15, -0.1) is 0 Å². The first-order valence-electron chi connectivity index (χ1n) is 14.2. The van der Waals surface area contributed by atoms with Gasteiger partial charge in [-0.2, -0.15) is 0 Å². The van der Waals surface area contributed by atoms with E-state index < -0.39 is 47.3 Å². The lowest BCUT2D eigenvalue weighted by Gasteiger charge is -2.73. The van der Waals surface area contributed by atoms with Crippen LogP contribution in [-0.2, 0) is 0 Å². The number of aliphatic hydroxyl groups is 6. The Kier molecular flexibility index (Phi) is 5.86. The minimum atomic E-state index is -1.40. The smallest absolute Gasteiger partial charge is 0.0917 e. The molecule has 0 amide bonds. The number of hydrogen-bond acceptors (Lipinski definition) is 6. The van der Waals surface area contributed by atoms with Crippen molar-refractivity contribution in [2.24, 2.45) is 50.2 Å². The van der Waals surface area contributed by atoms with Crippen molar-refractivity contribution in [3.63, 3.8) is 0 Å². The minimum Gasteiger partial charge on any atom is -0.396 e. The van der Waals surface area contributed by atoms with E-state index >= 15 is 0 Å². The van der Waals surface area contributed by atoms with Gasteiger partial charge in [0.15, 0.2) is 0 Å². The van der Waals surface area contributed by atoms with Gasteiger partial charge in [-0.3, -0.25) is 0 Å². The summed E-state index contributed by atoms with van der Waals surface area (Å²) in [5.41, 5.74) is -2.16. The molecule has 0 radical (unpaired) electrons. The number of hydrogen-bond donors (Lipinski definition) is 6. The lowest BCUT2D eigenvalue weighted by atomic mass is 9.32. The first kappa shape index (κ1) is 27.1. The molecule has 36 heavy (non-hydrogen) atoms. The third-order valence-corrected chi connectivity index (χ3v) is 13.5. The maximum atomic E-state index is 12.0. The Balaban J connectivity index is 1.67. The lowest BCUT2D eigenvalue weighted by Crippen LogP contribution is -2.76. The van der Waals surface area contributed by atoms with Crippen LogP contribution in [0.25, 0.3) is 0 Å². The Morgan fingerprint density at radius 1 is 0.778 bits per heavy atom. The summed E-state index contributed by atoms with van der Waals surface area (Å²) in [5, 5.41) is 67.7. The van der Waals surface area contributed by atoms with E-state index in [1.165, 1.54) is 0 Å². The second kappa shape index (κ2) is 7.79. The van der Waals surface area contributed by atoms with E-state index in [0.29, 0.717) is 12.3 Å². The van der Waals surface area contributed by atoms with E-state index in [-0.39, 0.29) is 34.2 Å². The van der Waals surface area contributed by atoms with E-state index in [4.69, 9.17) is 0 Å². The van der Waals surface area contributed by atoms with E-state index in [9.17, 15) is 30.6 Å². The van der Waals surface area contributed by atoms with Crippen LogP contribution in [0.1, 0.15) is 87.0 Å². The van der Waals surface area contributed by atoms with Crippen LogP contribution >= 0.6 is 0 Å². The molecule has 0 aromatic heterocycles. The molecule has 0 spiro atoms. The highest BCUT2D eigenvalue weighted by Gasteiger charge is 2.74. The molecular weight excluding hydrogens is 456 g/mol. The average Bonchev–Trinajstić information content (AvgIpc) is 2.80. The molecule has 6 heteroatoms. The van der Waals surface area contributed by atoms with Gasteiger partial charge in [0.25, 0.3) is 0 Å². The number of allylic oxidation sites excluding steroid dienone is 1. The normalized spacial score (nSPS) is 57.5. The van der Waals surface area contributed by atoms with Gasteiger partial charge in [0, 0.05) is 5.41 Å². The zero-order valence-corrected chi connectivity index (χ0v) is 23.3. The van der Waals surface area contributed by atoms with E-state index in [1.807, 2.05) is 13.8 Å². The fourth-order valence-corrected chi connectivity index (χ4v) is 10.9. The van der Waals surface area contributed by atoms with Crippen LogP contribution < -0.4 is 0 Å². The molecule has 0 saturated heterocycles. The van der Waals surface area contributed by atoms with Gasteiger partial charge in [0.05, 0.1) is 42.5 Å². The highest BCUT2D eigenvalue weighted by molar-refractivity contribution is 5.38. The highest BCUT2D eigenvalue weighted by atomic mass is 16.4. The van der Waals surface area contributed by atoms with Crippen LogP contribution in [0.5, 0.6) is 0 Å². The Morgan fingerprint density at radius 3 is 2.00 bits per heavy atom. The summed E-state index contributed by atoms with van der Waals surface area (Å²) in [4.78, 5) is 0. The zero-order valence-electron chi connectivity index (χ0n) is 23.3. The monoisotopic (exact) mass is 506 g/mol. The average molecular weight is 507 g/mol. The number of rotatable bonds is 1. The summed E-state index contributed by atoms with van der Waals surface area (Å²) in [6, 6.07) is 0. The standard InChI is InChI=1S/C30H50O6/c1-25(2)14-17-16-8-9-19-27(5)12-11-20(32)26(3,4)18(27)10-13-28(19,6)29(16,7)22(34)24(36)30(17,15-31)23(35)21(25)33/h8,17-24,31-36H,9-15H2,1-7H3/t17?,18?,19?,20-,21-,22-,23-,24+,27-,28+,29-,30+/m0/s1. The van der Waals surface area contributed by atoms with Crippen LogP contribution in [0.4, 0.5) is 0 Å². The number of fused-ring (bicyclic) bond motifs is 7. The molecule has 5 rings (SSSR count). The molecule has 3 unspecified atom stereocenters. The van der Waals surface area contributed by atoms with Gasteiger partial charge >= 0.3 is 0 Å². The summed E-state index contributed by atoms with van der Waals surface area (Å²) in [6.45, 7) is 14.6. The van der Waals surface area contributed by atoms with Crippen LogP contribution in [0, 0.1) is 50.2 Å². The summed E-state index contributed by atoms with van der Waals surface area (Å²) >= 11 is 0. The zero-order chi connectivity index (χ0) is 26.9. The lowest BCUT2D eigenvalue weighted by molar-refractivity contribution is -0.288. The number of aliphatic hydroxyl groups excluding tert-OH is 6. The second-order valence-corrected chi connectivity index (χ2v) is 15.3. The molecule has 4 saturated carbocycles. The van der Waals surface area contributed by atoms with Crippen LogP contribution in [0.2, 0.25) is 0 Å². The Hall–Kier alpha value is -0.500. The minimum absolute atomic E-state index is 0.00149. The van der Waals surface area contributed by atoms with Crippen molar-refractivity contribution in [1.82, 2.24) is 0 Å². The maximum Gasteiger partial charge on any atom is 0.0917 e. The third-order valence-electron chi connectivity index (χ3n) is 13.5. The van der Waals surface area contributed by atoms with Crippen LogP contribution in [0.3, 0.4) is 0 Å². The fraction of sp³-hybridized carbons (Fsp3) is 0.933. The Labute approximate surface area is 216 Å². The van der Waals surface area contributed by atoms with Gasteiger partial charge < -0.3 is 30.6 Å². The summed E-state index contributed by atoms with van der Waals surface area (Å²) < 4.78 is 0. The highest BCUT2D eigenvalue weighted by Crippen LogP contribution is 2.75. The predicted molar refractivity (Wildman–Crippen MR) is 138 cm³/mol. The largest absolute Gasteiger partial charge is 0.396 e. The molecule has 0 heterocycles. The molecule has 6 nitrogen and oxygen atoms in total. The van der Waals surface area contributed by atoms with Gasteiger partial charge in [0.1, 0.15) is 0 Å². The van der Waals surface area contributed by atoms with Gasteiger partial charge in [-0.25, -0.2) is 0 Å². The van der Waals surface area contributed by atoms with E-state index in [2.05, 4.69) is 40.7 Å². The summed E-state index contributed by atoms with van der Waals surface area (Å²) in [6.07, 6.45) is 1.92. The van der Waals surface area contributed by atoms with Crippen molar-refractivity contribution in [1.29, 1.82) is 0 Å². The predicted octanol–water partition coefficient (Wildman–Crippen LogP) is 3.02. The van der Waals surface area contributed by atoms with Gasteiger partial charge in [0.2, 0.25) is 0 Å². The Morgan fingerprint density at radius 2 is 1.39 bits per heavy atom. The topological polar surface area (TPSA) is 121 Å². The van der Waals surface area contributed by atoms with Crippen molar-refractivity contribution < 1.29 is 30.6 Å². The molecule has 5 aliphatic carbocycles. The van der Waals surface area contributed by atoms with E-state index in [1.54, 1.807) is 0 Å². The van der Waals surface area contributed by atoms with Crippen LogP contribution in [0.15, 0.2) is 11.6 Å². The molecule has 0 bridgehead atoms.